The third-order valence-corrected chi connectivity index (χ3v) is 5.59. The standard InChI is InChI=1S/C24H33N7O4/c1-5-9-25-10-8-21(32)30-22-13(2)19(26-14(22)3)12-18-17-7-6-16(11-20(17)29-23(18)33)28-24(34)27-15(4)31-35/h6-7,11-12,15,25-26,31,35H,5,8-10H2,1-4H3,(H,29,33)(H,30,32)(H2,27,28,34)/b18-12-. The molecule has 35 heavy (non-hydrogen) atoms. The number of hydroxylamine groups is 1. The predicted molar refractivity (Wildman–Crippen MR) is 136 cm³/mol. The lowest BCUT2D eigenvalue weighted by Gasteiger charge is -2.13. The highest BCUT2D eigenvalue weighted by atomic mass is 16.5. The Hall–Kier alpha value is -3.67. The Kier molecular flexibility index (Phi) is 8.63. The average molecular weight is 484 g/mol. The summed E-state index contributed by atoms with van der Waals surface area (Å²) >= 11 is 0. The van der Waals surface area contributed by atoms with Crippen molar-refractivity contribution in [1.82, 2.24) is 21.1 Å². The number of anilines is 3. The fourth-order valence-corrected chi connectivity index (χ4v) is 3.77. The maximum atomic E-state index is 12.7. The predicted octanol–water partition coefficient (Wildman–Crippen LogP) is 2.90. The van der Waals surface area contributed by atoms with Gasteiger partial charge in [-0.25, -0.2) is 4.79 Å². The second-order valence-electron chi connectivity index (χ2n) is 8.43. The van der Waals surface area contributed by atoms with Gasteiger partial charge in [-0.2, -0.15) is 5.48 Å². The Balaban J connectivity index is 1.75. The quantitative estimate of drug-likeness (QED) is 0.112. The van der Waals surface area contributed by atoms with E-state index in [0.717, 1.165) is 29.9 Å². The molecule has 0 saturated carbocycles. The molecule has 0 spiro atoms. The summed E-state index contributed by atoms with van der Waals surface area (Å²) in [5.41, 5.74) is 7.24. The number of hydrogen-bond acceptors (Lipinski definition) is 6. The molecule has 4 amide bonds. The minimum atomic E-state index is -0.626. The van der Waals surface area contributed by atoms with Crippen LogP contribution in [-0.2, 0) is 9.59 Å². The first-order valence-electron chi connectivity index (χ1n) is 11.6. The first-order chi connectivity index (χ1) is 16.7. The molecule has 11 heteroatoms. The second kappa shape index (κ2) is 11.6. The van der Waals surface area contributed by atoms with Crippen LogP contribution in [0, 0.1) is 13.8 Å². The normalized spacial score (nSPS) is 14.4. The average Bonchev–Trinajstić information content (AvgIpc) is 3.26. The van der Waals surface area contributed by atoms with E-state index < -0.39 is 12.2 Å². The smallest absolute Gasteiger partial charge is 0.320 e. The van der Waals surface area contributed by atoms with Gasteiger partial charge in [0, 0.05) is 35.6 Å². The molecular formula is C24H33N7O4. The third-order valence-electron chi connectivity index (χ3n) is 5.59. The van der Waals surface area contributed by atoms with Gasteiger partial charge in [0.25, 0.3) is 5.91 Å². The van der Waals surface area contributed by atoms with Crippen LogP contribution in [0.4, 0.5) is 21.9 Å². The molecular weight excluding hydrogens is 450 g/mol. The summed E-state index contributed by atoms with van der Waals surface area (Å²) in [5, 5.41) is 23.0. The van der Waals surface area contributed by atoms with Crippen molar-refractivity contribution in [3.05, 3.63) is 40.7 Å². The highest BCUT2D eigenvalue weighted by molar-refractivity contribution is 6.35. The zero-order valence-corrected chi connectivity index (χ0v) is 20.4. The number of fused-ring (bicyclic) bond motifs is 1. The molecule has 11 nitrogen and oxygen atoms in total. The largest absolute Gasteiger partial charge is 0.357 e. The van der Waals surface area contributed by atoms with Gasteiger partial charge < -0.3 is 36.8 Å². The van der Waals surface area contributed by atoms with Crippen molar-refractivity contribution in [1.29, 1.82) is 0 Å². The van der Waals surface area contributed by atoms with E-state index in [4.69, 9.17) is 5.21 Å². The van der Waals surface area contributed by atoms with Crippen LogP contribution >= 0.6 is 0 Å². The Labute approximate surface area is 204 Å². The molecule has 0 radical (unpaired) electrons. The van der Waals surface area contributed by atoms with Crippen molar-refractivity contribution in [3.8, 4) is 0 Å². The summed E-state index contributed by atoms with van der Waals surface area (Å²) in [5.74, 6) is -0.339. The molecule has 0 aliphatic carbocycles. The fraction of sp³-hybridized carbons (Fsp3) is 0.375. The Morgan fingerprint density at radius 2 is 1.94 bits per heavy atom. The van der Waals surface area contributed by atoms with E-state index in [0.29, 0.717) is 41.2 Å². The van der Waals surface area contributed by atoms with Crippen LogP contribution in [0.5, 0.6) is 0 Å². The number of amides is 4. The number of aromatic amines is 1. The fourth-order valence-electron chi connectivity index (χ4n) is 3.77. The van der Waals surface area contributed by atoms with E-state index in [9.17, 15) is 14.4 Å². The summed E-state index contributed by atoms with van der Waals surface area (Å²) in [6, 6.07) is 4.59. The molecule has 0 fully saturated rings. The van der Waals surface area contributed by atoms with Gasteiger partial charge in [0.2, 0.25) is 5.91 Å². The van der Waals surface area contributed by atoms with Gasteiger partial charge in [-0.3, -0.25) is 9.59 Å². The van der Waals surface area contributed by atoms with Crippen molar-refractivity contribution in [3.63, 3.8) is 0 Å². The number of hydrogen-bond donors (Lipinski definition) is 8. The van der Waals surface area contributed by atoms with Gasteiger partial charge in [-0.1, -0.05) is 13.0 Å². The van der Waals surface area contributed by atoms with Crippen LogP contribution < -0.4 is 32.1 Å². The lowest BCUT2D eigenvalue weighted by atomic mass is 10.0. The number of aromatic nitrogens is 1. The van der Waals surface area contributed by atoms with Crippen molar-refractivity contribution >= 4 is 46.6 Å². The van der Waals surface area contributed by atoms with Crippen molar-refractivity contribution in [2.24, 2.45) is 0 Å². The second-order valence-corrected chi connectivity index (χ2v) is 8.43. The Morgan fingerprint density at radius 3 is 2.66 bits per heavy atom. The van der Waals surface area contributed by atoms with Crippen LogP contribution in [0.3, 0.4) is 0 Å². The lowest BCUT2D eigenvalue weighted by Crippen LogP contribution is -2.43. The summed E-state index contributed by atoms with van der Waals surface area (Å²) < 4.78 is 0. The molecule has 2 heterocycles. The van der Waals surface area contributed by atoms with Crippen molar-refractivity contribution in [2.45, 2.75) is 46.7 Å². The van der Waals surface area contributed by atoms with Crippen molar-refractivity contribution in [2.75, 3.05) is 29.0 Å². The van der Waals surface area contributed by atoms with Gasteiger partial charge in [-0.15, -0.1) is 0 Å². The molecule has 2 aromatic rings. The maximum absolute atomic E-state index is 12.7. The van der Waals surface area contributed by atoms with Gasteiger partial charge in [0.1, 0.15) is 6.17 Å². The number of nitrogens with one attached hydrogen (secondary N) is 7. The lowest BCUT2D eigenvalue weighted by molar-refractivity contribution is -0.116. The number of urea groups is 1. The molecule has 1 aromatic carbocycles. The number of aryl methyl sites for hydroxylation is 1. The van der Waals surface area contributed by atoms with Crippen LogP contribution in [0.2, 0.25) is 0 Å². The SMILES string of the molecule is CCCNCCC(=O)Nc1c(C)[nH]c(/C=C2\C(=O)Nc3cc(NC(=O)NC(C)NO)ccc32)c1C. The van der Waals surface area contributed by atoms with E-state index >= 15 is 0 Å². The summed E-state index contributed by atoms with van der Waals surface area (Å²) in [6.07, 6.45) is 2.52. The molecule has 188 valence electrons. The van der Waals surface area contributed by atoms with Crippen LogP contribution in [0.15, 0.2) is 18.2 Å². The van der Waals surface area contributed by atoms with E-state index in [1.807, 2.05) is 19.3 Å². The maximum Gasteiger partial charge on any atom is 0.320 e. The zero-order chi connectivity index (χ0) is 25.5. The molecule has 1 aromatic heterocycles. The van der Waals surface area contributed by atoms with E-state index in [2.05, 4.69) is 38.5 Å². The monoisotopic (exact) mass is 483 g/mol. The number of benzene rings is 1. The third kappa shape index (κ3) is 6.47. The van der Waals surface area contributed by atoms with Gasteiger partial charge in [0.15, 0.2) is 0 Å². The van der Waals surface area contributed by atoms with E-state index in [1.54, 1.807) is 31.2 Å². The molecule has 1 aliphatic heterocycles. The van der Waals surface area contributed by atoms with Crippen molar-refractivity contribution < 1.29 is 19.6 Å². The summed E-state index contributed by atoms with van der Waals surface area (Å²) in [7, 11) is 0. The zero-order valence-electron chi connectivity index (χ0n) is 20.4. The topological polar surface area (TPSA) is 159 Å². The van der Waals surface area contributed by atoms with E-state index in [-0.39, 0.29) is 11.8 Å². The Bertz CT molecular complexity index is 1140. The molecule has 0 saturated heterocycles. The van der Waals surface area contributed by atoms with Gasteiger partial charge >= 0.3 is 6.03 Å². The minimum absolute atomic E-state index is 0.0739. The van der Waals surface area contributed by atoms with Crippen LogP contribution in [0.1, 0.15) is 49.2 Å². The molecule has 0 bridgehead atoms. The molecule has 1 aliphatic rings. The molecule has 8 N–H and O–H groups in total. The van der Waals surface area contributed by atoms with Gasteiger partial charge in [0.05, 0.1) is 16.9 Å². The Morgan fingerprint density at radius 1 is 1.17 bits per heavy atom. The minimum Gasteiger partial charge on any atom is -0.357 e. The number of H-pyrrole nitrogens is 1. The van der Waals surface area contributed by atoms with Crippen LogP contribution in [0.25, 0.3) is 11.6 Å². The highest BCUT2D eigenvalue weighted by Crippen LogP contribution is 2.36. The first kappa shape index (κ1) is 25.9. The first-order valence-corrected chi connectivity index (χ1v) is 11.6. The number of carbonyl (C=O) groups is 3. The summed E-state index contributed by atoms with van der Waals surface area (Å²) in [4.78, 5) is 40.3. The summed E-state index contributed by atoms with van der Waals surface area (Å²) in [6.45, 7) is 8.91. The van der Waals surface area contributed by atoms with Crippen LogP contribution in [-0.4, -0.2) is 47.3 Å². The molecule has 3 rings (SSSR count). The number of carbonyl (C=O) groups excluding carboxylic acids is 3. The number of rotatable bonds is 10. The highest BCUT2D eigenvalue weighted by Gasteiger charge is 2.25. The molecule has 1 unspecified atom stereocenters. The molecule has 1 atom stereocenters. The van der Waals surface area contributed by atoms with Gasteiger partial charge in [-0.05, 0) is 57.5 Å². The van der Waals surface area contributed by atoms with E-state index in [1.165, 1.54) is 0 Å².